The zero-order valence-electron chi connectivity index (χ0n) is 8.97. The Morgan fingerprint density at radius 1 is 1.56 bits per heavy atom. The van der Waals surface area contributed by atoms with Crippen LogP contribution in [0.2, 0.25) is 0 Å². The van der Waals surface area contributed by atoms with E-state index >= 15 is 0 Å². The molecule has 3 amide bonds. The number of hydrogen-bond acceptors (Lipinski definition) is 3. The number of nitrogens with zero attached hydrogens (tertiary/aromatic N) is 1. The second-order valence-corrected chi connectivity index (χ2v) is 3.18. The zero-order chi connectivity index (χ0) is 12.7. The highest BCUT2D eigenvalue weighted by molar-refractivity contribution is 5.87. The Balaban J connectivity index is 4.39. The van der Waals surface area contributed by atoms with Crippen LogP contribution in [-0.4, -0.2) is 47.5 Å². The lowest BCUT2D eigenvalue weighted by Gasteiger charge is -2.19. The predicted molar refractivity (Wildman–Crippen MR) is 56.6 cm³/mol. The topological polar surface area (TPSA) is 113 Å². The number of carboxylic acid groups (broad SMARTS) is 1. The number of aliphatic carboxylic acids is 1. The number of amides is 3. The Morgan fingerprint density at radius 3 is 2.50 bits per heavy atom. The van der Waals surface area contributed by atoms with Gasteiger partial charge >= 0.3 is 12.0 Å². The molecule has 0 aromatic heterocycles. The monoisotopic (exact) mass is 229 g/mol. The molecular weight excluding hydrogens is 214 g/mol. The SMILES string of the molecule is C=CCN(C)C(=O)N[C@H](CC(N)=O)C(=O)O. The molecule has 4 N–H and O–H groups in total. The van der Waals surface area contributed by atoms with Gasteiger partial charge in [0.2, 0.25) is 5.91 Å². The van der Waals surface area contributed by atoms with Crippen LogP contribution in [0.3, 0.4) is 0 Å². The third-order valence-corrected chi connectivity index (χ3v) is 1.75. The van der Waals surface area contributed by atoms with Crippen LogP contribution in [0.25, 0.3) is 0 Å². The molecule has 0 spiro atoms. The van der Waals surface area contributed by atoms with Crippen molar-refractivity contribution in [1.82, 2.24) is 10.2 Å². The molecular formula is C9H15N3O4. The van der Waals surface area contributed by atoms with Gasteiger partial charge in [0.05, 0.1) is 6.42 Å². The van der Waals surface area contributed by atoms with Crippen molar-refractivity contribution >= 4 is 17.9 Å². The normalized spacial score (nSPS) is 11.3. The third kappa shape index (κ3) is 4.99. The minimum atomic E-state index is -1.31. The number of nitrogens with two attached hydrogens (primary N) is 1. The van der Waals surface area contributed by atoms with Gasteiger partial charge in [0.15, 0.2) is 0 Å². The van der Waals surface area contributed by atoms with E-state index in [0.29, 0.717) is 0 Å². The molecule has 90 valence electrons. The molecule has 1 atom stereocenters. The van der Waals surface area contributed by atoms with Gasteiger partial charge in [-0.1, -0.05) is 6.08 Å². The van der Waals surface area contributed by atoms with Crippen molar-refractivity contribution in [3.8, 4) is 0 Å². The molecule has 0 fully saturated rings. The van der Waals surface area contributed by atoms with E-state index in [9.17, 15) is 14.4 Å². The van der Waals surface area contributed by atoms with Crippen molar-refractivity contribution in [3.05, 3.63) is 12.7 Å². The highest BCUT2D eigenvalue weighted by Crippen LogP contribution is 1.94. The number of likely N-dealkylation sites (N-methyl/N-ethyl adjacent to an activating group) is 1. The molecule has 0 aliphatic heterocycles. The Kier molecular flexibility index (Phi) is 5.61. The van der Waals surface area contributed by atoms with Gasteiger partial charge in [-0.15, -0.1) is 6.58 Å². The first kappa shape index (κ1) is 13.9. The van der Waals surface area contributed by atoms with Crippen molar-refractivity contribution < 1.29 is 19.5 Å². The van der Waals surface area contributed by atoms with Gasteiger partial charge in [0.25, 0.3) is 0 Å². The van der Waals surface area contributed by atoms with Gasteiger partial charge in [-0.05, 0) is 0 Å². The van der Waals surface area contributed by atoms with E-state index in [4.69, 9.17) is 10.8 Å². The minimum Gasteiger partial charge on any atom is -0.480 e. The van der Waals surface area contributed by atoms with Crippen LogP contribution in [0.1, 0.15) is 6.42 Å². The maximum atomic E-state index is 11.4. The number of carboxylic acids is 1. The fourth-order valence-electron chi connectivity index (χ4n) is 0.937. The Bertz CT molecular complexity index is 303. The Labute approximate surface area is 92.9 Å². The average Bonchev–Trinajstić information content (AvgIpc) is 2.16. The predicted octanol–water partition coefficient (Wildman–Crippen LogP) is -0.858. The van der Waals surface area contributed by atoms with Gasteiger partial charge in [-0.25, -0.2) is 9.59 Å². The van der Waals surface area contributed by atoms with Crippen LogP contribution in [0, 0.1) is 0 Å². The Hall–Kier alpha value is -2.05. The van der Waals surface area contributed by atoms with E-state index in [1.165, 1.54) is 18.0 Å². The molecule has 0 unspecified atom stereocenters. The van der Waals surface area contributed by atoms with E-state index in [0.717, 1.165) is 0 Å². The fourth-order valence-corrected chi connectivity index (χ4v) is 0.937. The van der Waals surface area contributed by atoms with Crippen molar-refractivity contribution in [2.45, 2.75) is 12.5 Å². The number of urea groups is 1. The van der Waals surface area contributed by atoms with E-state index in [1.54, 1.807) is 0 Å². The summed E-state index contributed by atoms with van der Waals surface area (Å²) in [6.45, 7) is 3.71. The summed E-state index contributed by atoms with van der Waals surface area (Å²) in [5.41, 5.74) is 4.86. The first-order valence-electron chi connectivity index (χ1n) is 4.52. The van der Waals surface area contributed by atoms with Crippen LogP contribution in [0.15, 0.2) is 12.7 Å². The maximum absolute atomic E-state index is 11.4. The molecule has 16 heavy (non-hydrogen) atoms. The quantitative estimate of drug-likeness (QED) is 0.514. The Morgan fingerprint density at radius 2 is 2.12 bits per heavy atom. The summed E-state index contributed by atoms with van der Waals surface area (Å²) in [6.07, 6.45) is 1.05. The highest BCUT2D eigenvalue weighted by Gasteiger charge is 2.23. The summed E-state index contributed by atoms with van der Waals surface area (Å²) in [5, 5.41) is 10.9. The molecule has 0 saturated heterocycles. The summed E-state index contributed by atoms with van der Waals surface area (Å²) in [4.78, 5) is 33.9. The molecule has 0 radical (unpaired) electrons. The molecule has 0 aliphatic rings. The van der Waals surface area contributed by atoms with Crippen molar-refractivity contribution in [2.24, 2.45) is 5.73 Å². The number of nitrogens with one attached hydrogen (secondary N) is 1. The van der Waals surface area contributed by atoms with Crippen LogP contribution in [-0.2, 0) is 9.59 Å². The number of hydrogen-bond donors (Lipinski definition) is 3. The lowest BCUT2D eigenvalue weighted by molar-refractivity contribution is -0.140. The molecule has 0 saturated carbocycles. The van der Waals surface area contributed by atoms with Crippen molar-refractivity contribution in [3.63, 3.8) is 0 Å². The minimum absolute atomic E-state index is 0.273. The van der Waals surface area contributed by atoms with E-state index < -0.39 is 30.4 Å². The number of carbonyl (C=O) groups excluding carboxylic acids is 2. The van der Waals surface area contributed by atoms with Crippen molar-refractivity contribution in [1.29, 1.82) is 0 Å². The fraction of sp³-hybridized carbons (Fsp3) is 0.444. The van der Waals surface area contributed by atoms with Gasteiger partial charge in [-0.2, -0.15) is 0 Å². The number of rotatable bonds is 6. The summed E-state index contributed by atoms with van der Waals surface area (Å²) in [5.74, 6) is -2.10. The lowest BCUT2D eigenvalue weighted by Crippen LogP contribution is -2.48. The zero-order valence-corrected chi connectivity index (χ0v) is 8.97. The second-order valence-electron chi connectivity index (χ2n) is 3.18. The number of primary amides is 1. The van der Waals surface area contributed by atoms with Crippen LogP contribution < -0.4 is 11.1 Å². The molecule has 7 nitrogen and oxygen atoms in total. The molecule has 0 aromatic carbocycles. The highest BCUT2D eigenvalue weighted by atomic mass is 16.4. The van der Waals surface area contributed by atoms with E-state index in [-0.39, 0.29) is 6.54 Å². The molecule has 0 rings (SSSR count). The van der Waals surface area contributed by atoms with Crippen LogP contribution >= 0.6 is 0 Å². The standard InChI is InChI=1S/C9H15N3O4/c1-3-4-12(2)9(16)11-6(8(14)15)5-7(10)13/h3,6H,1,4-5H2,2H3,(H2,10,13)(H,11,16)(H,14,15)/t6-/m1/s1. The smallest absolute Gasteiger partial charge is 0.326 e. The largest absolute Gasteiger partial charge is 0.480 e. The molecule has 0 aromatic rings. The van der Waals surface area contributed by atoms with E-state index in [2.05, 4.69) is 11.9 Å². The molecule has 7 heteroatoms. The molecule has 0 heterocycles. The van der Waals surface area contributed by atoms with E-state index in [1.807, 2.05) is 0 Å². The third-order valence-electron chi connectivity index (χ3n) is 1.75. The lowest BCUT2D eigenvalue weighted by atomic mass is 10.2. The molecule has 0 aliphatic carbocycles. The van der Waals surface area contributed by atoms with Gasteiger partial charge in [0, 0.05) is 13.6 Å². The van der Waals surface area contributed by atoms with Gasteiger partial charge in [0.1, 0.15) is 6.04 Å². The summed E-state index contributed by atoms with van der Waals surface area (Å²) in [6, 6.07) is -1.91. The summed E-state index contributed by atoms with van der Waals surface area (Å²) in [7, 11) is 1.47. The average molecular weight is 229 g/mol. The summed E-state index contributed by atoms with van der Waals surface area (Å²) < 4.78 is 0. The van der Waals surface area contributed by atoms with Crippen LogP contribution in [0.5, 0.6) is 0 Å². The van der Waals surface area contributed by atoms with Crippen molar-refractivity contribution in [2.75, 3.05) is 13.6 Å². The summed E-state index contributed by atoms with van der Waals surface area (Å²) >= 11 is 0. The molecule has 0 bridgehead atoms. The van der Waals surface area contributed by atoms with Crippen LogP contribution in [0.4, 0.5) is 4.79 Å². The number of carbonyl (C=O) groups is 3. The maximum Gasteiger partial charge on any atom is 0.326 e. The first-order valence-corrected chi connectivity index (χ1v) is 4.52. The van der Waals surface area contributed by atoms with Gasteiger partial charge < -0.3 is 21.1 Å². The first-order chi connectivity index (χ1) is 7.38. The second kappa shape index (κ2) is 6.44. The van der Waals surface area contributed by atoms with Gasteiger partial charge in [-0.3, -0.25) is 4.79 Å².